The molecule has 1 unspecified atom stereocenters. The number of phenols is 2. The van der Waals surface area contributed by atoms with Crippen molar-refractivity contribution in [3.05, 3.63) is 91.4 Å². The maximum atomic E-state index is 13.0. The standard InChI is InChI=1S/C19H12Cl4O5S/c20-14-4-2-1-3-12(14)19(29(26,27)28,13-6-5-11(24)9-17(13)25)10-7-15(21)18(23)16(22)8-10/h1-9,24-25H,(H,26,27,28). The molecule has 0 bridgehead atoms. The fraction of sp³-hybridized carbons (Fsp3) is 0.0526. The van der Waals surface area contributed by atoms with E-state index in [0.29, 0.717) is 0 Å². The summed E-state index contributed by atoms with van der Waals surface area (Å²) < 4.78 is 34.0. The molecule has 10 heteroatoms. The van der Waals surface area contributed by atoms with Gasteiger partial charge < -0.3 is 10.2 Å². The molecule has 0 saturated carbocycles. The smallest absolute Gasteiger partial charge is 0.283 e. The molecular weight excluding hydrogens is 482 g/mol. The van der Waals surface area contributed by atoms with Crippen LogP contribution in [0.2, 0.25) is 20.1 Å². The molecule has 0 heterocycles. The molecule has 3 N–H and O–H groups in total. The normalized spacial score (nSPS) is 13.8. The number of phenolic OH excluding ortho intramolecular Hbond substituents is 2. The fourth-order valence-corrected chi connectivity index (χ4v) is 5.46. The summed E-state index contributed by atoms with van der Waals surface area (Å²) in [5, 5.41) is 20.0. The molecule has 0 amide bonds. The first kappa shape index (κ1) is 22.0. The average molecular weight is 494 g/mol. The van der Waals surface area contributed by atoms with Crippen LogP contribution in [0.15, 0.2) is 54.6 Å². The van der Waals surface area contributed by atoms with Gasteiger partial charge in [-0.05, 0) is 35.9 Å². The summed E-state index contributed by atoms with van der Waals surface area (Å²) in [4.78, 5) is 0. The van der Waals surface area contributed by atoms with Crippen LogP contribution in [-0.2, 0) is 14.9 Å². The van der Waals surface area contributed by atoms with Crippen molar-refractivity contribution < 1.29 is 23.2 Å². The highest BCUT2D eigenvalue weighted by Gasteiger charge is 2.51. The highest BCUT2D eigenvalue weighted by molar-refractivity contribution is 7.87. The molecule has 0 radical (unpaired) electrons. The lowest BCUT2D eigenvalue weighted by Gasteiger charge is -2.34. The highest BCUT2D eigenvalue weighted by Crippen LogP contribution is 2.51. The van der Waals surface area contributed by atoms with Crippen molar-refractivity contribution in [2.75, 3.05) is 0 Å². The Morgan fingerprint density at radius 1 is 0.759 bits per heavy atom. The Morgan fingerprint density at radius 3 is 1.86 bits per heavy atom. The van der Waals surface area contributed by atoms with E-state index < -0.39 is 20.6 Å². The van der Waals surface area contributed by atoms with Gasteiger partial charge >= 0.3 is 0 Å². The minimum atomic E-state index is -5.08. The third kappa shape index (κ3) is 3.65. The molecule has 0 aliphatic heterocycles. The summed E-state index contributed by atoms with van der Waals surface area (Å²) in [6.07, 6.45) is 0. The molecular formula is C19H12Cl4O5S. The van der Waals surface area contributed by atoms with Crippen molar-refractivity contribution in [2.24, 2.45) is 0 Å². The number of halogens is 4. The SMILES string of the molecule is O=S(=O)(O)C(c1cc(Cl)c(Cl)c(Cl)c1)(c1ccc(O)cc1O)c1ccccc1Cl. The van der Waals surface area contributed by atoms with E-state index in [2.05, 4.69) is 0 Å². The highest BCUT2D eigenvalue weighted by atomic mass is 35.5. The van der Waals surface area contributed by atoms with Gasteiger partial charge in [-0.1, -0.05) is 64.6 Å². The van der Waals surface area contributed by atoms with Crippen molar-refractivity contribution in [1.82, 2.24) is 0 Å². The van der Waals surface area contributed by atoms with E-state index in [-0.39, 0.29) is 42.5 Å². The molecule has 3 rings (SSSR count). The molecule has 5 nitrogen and oxygen atoms in total. The van der Waals surface area contributed by atoms with Crippen molar-refractivity contribution in [3.63, 3.8) is 0 Å². The quantitative estimate of drug-likeness (QED) is 0.239. The summed E-state index contributed by atoms with van der Waals surface area (Å²) in [6, 6.07) is 11.5. The van der Waals surface area contributed by atoms with Crippen LogP contribution in [0.5, 0.6) is 11.5 Å². The first-order chi connectivity index (χ1) is 13.5. The second-order valence-corrected chi connectivity index (χ2v) is 9.25. The molecule has 0 aromatic heterocycles. The summed E-state index contributed by atoms with van der Waals surface area (Å²) >= 11 is 24.6. The van der Waals surface area contributed by atoms with Crippen LogP contribution in [-0.4, -0.2) is 23.2 Å². The van der Waals surface area contributed by atoms with Crippen LogP contribution in [0, 0.1) is 0 Å². The predicted molar refractivity (Wildman–Crippen MR) is 114 cm³/mol. The van der Waals surface area contributed by atoms with Crippen molar-refractivity contribution in [3.8, 4) is 11.5 Å². The maximum Gasteiger partial charge on any atom is 0.283 e. The van der Waals surface area contributed by atoms with Gasteiger partial charge in [-0.3, -0.25) is 4.55 Å². The van der Waals surface area contributed by atoms with Gasteiger partial charge in [0, 0.05) is 22.2 Å². The maximum absolute atomic E-state index is 13.0. The van der Waals surface area contributed by atoms with Crippen LogP contribution in [0.1, 0.15) is 16.7 Å². The van der Waals surface area contributed by atoms with Gasteiger partial charge in [-0.2, -0.15) is 8.42 Å². The Balaban J connectivity index is 2.61. The van der Waals surface area contributed by atoms with E-state index in [9.17, 15) is 23.2 Å². The van der Waals surface area contributed by atoms with Crippen LogP contribution in [0.25, 0.3) is 0 Å². The topological polar surface area (TPSA) is 94.8 Å². The second kappa shape index (κ2) is 7.87. The van der Waals surface area contributed by atoms with E-state index >= 15 is 0 Å². The van der Waals surface area contributed by atoms with Gasteiger partial charge in [-0.15, -0.1) is 0 Å². The molecule has 0 fully saturated rings. The number of aromatic hydroxyl groups is 2. The molecule has 0 spiro atoms. The zero-order chi connectivity index (χ0) is 21.6. The van der Waals surface area contributed by atoms with E-state index in [0.717, 1.165) is 18.2 Å². The zero-order valence-electron chi connectivity index (χ0n) is 14.3. The summed E-state index contributed by atoms with van der Waals surface area (Å²) in [7, 11) is -5.08. The number of benzene rings is 3. The van der Waals surface area contributed by atoms with E-state index in [1.807, 2.05) is 0 Å². The molecule has 0 aliphatic carbocycles. The van der Waals surface area contributed by atoms with Gasteiger partial charge in [-0.25, -0.2) is 0 Å². The zero-order valence-corrected chi connectivity index (χ0v) is 18.1. The number of rotatable bonds is 4. The summed E-state index contributed by atoms with van der Waals surface area (Å²) in [5.74, 6) is -0.924. The Bertz CT molecular complexity index is 1190. The summed E-state index contributed by atoms with van der Waals surface area (Å²) in [6.45, 7) is 0. The monoisotopic (exact) mass is 492 g/mol. The van der Waals surface area contributed by atoms with Crippen LogP contribution in [0.3, 0.4) is 0 Å². The predicted octanol–water partition coefficient (Wildman–Crippen LogP) is 5.89. The lowest BCUT2D eigenvalue weighted by atomic mass is 9.83. The van der Waals surface area contributed by atoms with Crippen LogP contribution >= 0.6 is 46.4 Å². The summed E-state index contributed by atoms with van der Waals surface area (Å²) in [5.41, 5.74) is -0.464. The average Bonchev–Trinajstić information content (AvgIpc) is 2.62. The Morgan fingerprint density at radius 2 is 1.34 bits per heavy atom. The largest absolute Gasteiger partial charge is 0.508 e. The van der Waals surface area contributed by atoms with Gasteiger partial charge in [0.25, 0.3) is 10.1 Å². The van der Waals surface area contributed by atoms with Crippen molar-refractivity contribution >= 4 is 56.5 Å². The van der Waals surface area contributed by atoms with E-state index in [1.165, 1.54) is 30.3 Å². The third-order valence-electron chi connectivity index (χ3n) is 4.39. The first-order valence-corrected chi connectivity index (χ1v) is 10.8. The molecule has 3 aromatic carbocycles. The molecule has 3 aromatic rings. The molecule has 0 saturated heterocycles. The Labute approximate surface area is 186 Å². The van der Waals surface area contributed by atoms with Crippen LogP contribution < -0.4 is 0 Å². The van der Waals surface area contributed by atoms with Crippen molar-refractivity contribution in [2.45, 2.75) is 4.75 Å². The second-order valence-electron chi connectivity index (χ2n) is 6.09. The van der Waals surface area contributed by atoms with Crippen LogP contribution in [0.4, 0.5) is 0 Å². The third-order valence-corrected chi connectivity index (χ3v) is 7.37. The molecule has 152 valence electrons. The van der Waals surface area contributed by atoms with Crippen molar-refractivity contribution in [1.29, 1.82) is 0 Å². The minimum Gasteiger partial charge on any atom is -0.508 e. The van der Waals surface area contributed by atoms with Gasteiger partial charge in [0.15, 0.2) is 4.75 Å². The van der Waals surface area contributed by atoms with E-state index in [4.69, 9.17) is 46.4 Å². The lowest BCUT2D eigenvalue weighted by Crippen LogP contribution is -2.38. The Hall–Kier alpha value is -1.67. The Kier molecular flexibility index (Phi) is 5.98. The molecule has 29 heavy (non-hydrogen) atoms. The first-order valence-electron chi connectivity index (χ1n) is 7.89. The number of hydrogen-bond donors (Lipinski definition) is 3. The fourth-order valence-electron chi connectivity index (χ4n) is 3.21. The lowest BCUT2D eigenvalue weighted by molar-refractivity contribution is 0.431. The van der Waals surface area contributed by atoms with Gasteiger partial charge in [0.1, 0.15) is 11.5 Å². The molecule has 0 aliphatic rings. The molecule has 1 atom stereocenters. The van der Waals surface area contributed by atoms with Gasteiger partial charge in [0.2, 0.25) is 0 Å². The van der Waals surface area contributed by atoms with Gasteiger partial charge in [0.05, 0.1) is 15.1 Å². The number of hydrogen-bond acceptors (Lipinski definition) is 4. The van der Waals surface area contributed by atoms with E-state index in [1.54, 1.807) is 6.07 Å². The minimum absolute atomic E-state index is 0.0141.